The van der Waals surface area contributed by atoms with Gasteiger partial charge in [-0.3, -0.25) is 20.3 Å². The van der Waals surface area contributed by atoms with E-state index >= 15 is 0 Å². The first-order chi connectivity index (χ1) is 9.47. The van der Waals surface area contributed by atoms with Crippen LogP contribution in [0.1, 0.15) is 10.4 Å². The Bertz CT molecular complexity index is 529. The highest BCUT2D eigenvalue weighted by molar-refractivity contribution is 6.33. The Kier molecular flexibility index (Phi) is 4.53. The SMILES string of the molecule is C[NH+]1CCN(NC(=O)c2cc([N+](=O)[O-])ccc2Cl)CC1. The van der Waals surface area contributed by atoms with Gasteiger partial charge in [-0.25, -0.2) is 5.01 Å². The number of nitro benzene ring substituents is 1. The molecule has 0 unspecified atom stereocenters. The van der Waals surface area contributed by atoms with E-state index in [1.165, 1.54) is 23.1 Å². The quantitative estimate of drug-likeness (QED) is 0.594. The minimum Gasteiger partial charge on any atom is -0.335 e. The minimum absolute atomic E-state index is 0.118. The Morgan fingerprint density at radius 3 is 2.70 bits per heavy atom. The summed E-state index contributed by atoms with van der Waals surface area (Å²) in [6.07, 6.45) is 0. The monoisotopic (exact) mass is 299 g/mol. The van der Waals surface area contributed by atoms with Gasteiger partial charge in [0.05, 0.1) is 48.7 Å². The van der Waals surface area contributed by atoms with Crippen molar-refractivity contribution in [2.45, 2.75) is 0 Å². The van der Waals surface area contributed by atoms with Crippen molar-refractivity contribution in [2.24, 2.45) is 0 Å². The molecule has 8 heteroatoms. The number of carbonyl (C=O) groups is 1. The topological polar surface area (TPSA) is 79.9 Å². The van der Waals surface area contributed by atoms with Crippen molar-refractivity contribution in [3.63, 3.8) is 0 Å². The maximum Gasteiger partial charge on any atom is 0.270 e. The lowest BCUT2D eigenvalue weighted by Gasteiger charge is -2.30. The predicted molar refractivity (Wildman–Crippen MR) is 73.8 cm³/mol. The number of nitrogens with zero attached hydrogens (tertiary/aromatic N) is 2. The smallest absolute Gasteiger partial charge is 0.270 e. The number of nitrogens with one attached hydrogen (secondary N) is 2. The lowest BCUT2D eigenvalue weighted by Crippen LogP contribution is -3.12. The second-order valence-electron chi connectivity index (χ2n) is 4.81. The molecule has 0 saturated carbocycles. The van der Waals surface area contributed by atoms with Crippen molar-refractivity contribution in [1.82, 2.24) is 10.4 Å². The third kappa shape index (κ3) is 3.44. The lowest BCUT2D eigenvalue weighted by molar-refractivity contribution is -0.884. The van der Waals surface area contributed by atoms with Gasteiger partial charge < -0.3 is 4.90 Å². The Morgan fingerprint density at radius 1 is 1.45 bits per heavy atom. The predicted octanol–water partition coefficient (Wildman–Crippen LogP) is -0.277. The zero-order valence-electron chi connectivity index (χ0n) is 11.1. The highest BCUT2D eigenvalue weighted by Gasteiger charge is 2.21. The number of hydrazine groups is 1. The van der Waals surface area contributed by atoms with Gasteiger partial charge in [0.25, 0.3) is 11.6 Å². The van der Waals surface area contributed by atoms with Crippen molar-refractivity contribution < 1.29 is 14.6 Å². The number of non-ortho nitro benzene ring substituents is 1. The molecule has 20 heavy (non-hydrogen) atoms. The zero-order valence-corrected chi connectivity index (χ0v) is 11.8. The Balaban J connectivity index is 2.08. The molecule has 0 aliphatic carbocycles. The highest BCUT2D eigenvalue weighted by Crippen LogP contribution is 2.21. The molecule has 1 aromatic carbocycles. The van der Waals surface area contributed by atoms with Crippen LogP contribution in [-0.4, -0.2) is 49.1 Å². The minimum atomic E-state index is -0.549. The summed E-state index contributed by atoms with van der Waals surface area (Å²) in [6, 6.07) is 3.83. The first-order valence-electron chi connectivity index (χ1n) is 6.28. The summed E-state index contributed by atoms with van der Waals surface area (Å²) in [5.74, 6) is -0.418. The summed E-state index contributed by atoms with van der Waals surface area (Å²) in [7, 11) is 2.09. The Morgan fingerprint density at radius 2 is 2.10 bits per heavy atom. The van der Waals surface area contributed by atoms with E-state index in [2.05, 4.69) is 12.5 Å². The number of likely N-dealkylation sites (N-methyl/N-ethyl adjacent to an activating group) is 1. The van der Waals surface area contributed by atoms with Gasteiger partial charge in [0.15, 0.2) is 0 Å². The molecule has 108 valence electrons. The Hall–Kier alpha value is -1.70. The van der Waals surface area contributed by atoms with Crippen LogP contribution in [0.15, 0.2) is 18.2 Å². The van der Waals surface area contributed by atoms with Crippen molar-refractivity contribution in [3.8, 4) is 0 Å². The van der Waals surface area contributed by atoms with Gasteiger partial charge >= 0.3 is 0 Å². The molecule has 2 rings (SSSR count). The number of hydrogen-bond donors (Lipinski definition) is 2. The van der Waals surface area contributed by atoms with Crippen molar-refractivity contribution >= 4 is 23.2 Å². The highest BCUT2D eigenvalue weighted by atomic mass is 35.5. The van der Waals surface area contributed by atoms with Gasteiger partial charge in [-0.1, -0.05) is 11.6 Å². The van der Waals surface area contributed by atoms with Gasteiger partial charge in [0.1, 0.15) is 0 Å². The van der Waals surface area contributed by atoms with Crippen LogP contribution in [0.4, 0.5) is 5.69 Å². The number of amides is 1. The van der Waals surface area contributed by atoms with Crippen LogP contribution in [0.2, 0.25) is 5.02 Å². The molecular weight excluding hydrogens is 284 g/mol. The molecule has 7 nitrogen and oxygen atoms in total. The van der Waals surface area contributed by atoms with Crippen molar-refractivity contribution in [2.75, 3.05) is 33.2 Å². The molecule has 0 spiro atoms. The van der Waals surface area contributed by atoms with E-state index in [0.29, 0.717) is 0 Å². The summed E-state index contributed by atoms with van der Waals surface area (Å²) < 4.78 is 0. The number of carbonyl (C=O) groups excluding carboxylic acids is 1. The molecule has 1 saturated heterocycles. The van der Waals surface area contributed by atoms with Crippen LogP contribution in [0.5, 0.6) is 0 Å². The van der Waals surface area contributed by atoms with Crippen LogP contribution in [0, 0.1) is 10.1 Å². The first-order valence-corrected chi connectivity index (χ1v) is 6.66. The number of rotatable bonds is 3. The number of nitro groups is 1. The molecule has 1 heterocycles. The van der Waals surface area contributed by atoms with Crippen LogP contribution in [0.3, 0.4) is 0 Å². The van der Waals surface area contributed by atoms with Gasteiger partial charge in [0, 0.05) is 12.1 Å². The van der Waals surface area contributed by atoms with E-state index in [4.69, 9.17) is 11.6 Å². The van der Waals surface area contributed by atoms with Crippen LogP contribution in [0.25, 0.3) is 0 Å². The molecule has 1 amide bonds. The number of benzene rings is 1. The third-order valence-corrected chi connectivity index (χ3v) is 3.61. The molecule has 1 aliphatic heterocycles. The molecular formula is C12H16ClN4O3+. The van der Waals surface area contributed by atoms with Crippen molar-refractivity contribution in [3.05, 3.63) is 38.9 Å². The maximum atomic E-state index is 12.1. The van der Waals surface area contributed by atoms with E-state index in [1.807, 2.05) is 5.01 Å². The number of halogens is 1. The summed E-state index contributed by atoms with van der Waals surface area (Å²) >= 11 is 5.93. The normalized spacial score (nSPS) is 16.9. The summed E-state index contributed by atoms with van der Waals surface area (Å²) in [5.41, 5.74) is 2.70. The lowest BCUT2D eigenvalue weighted by atomic mass is 10.2. The average molecular weight is 300 g/mol. The fourth-order valence-corrected chi connectivity index (χ4v) is 2.21. The molecule has 0 atom stereocenters. The number of quaternary nitrogens is 1. The fourth-order valence-electron chi connectivity index (χ4n) is 2.00. The standard InChI is InChI=1S/C12H15ClN4O3/c1-15-4-6-16(7-5-15)14-12(18)10-8-9(17(19)20)2-3-11(10)13/h2-3,8H,4-7H2,1H3,(H,14,18)/p+1. The molecule has 0 radical (unpaired) electrons. The third-order valence-electron chi connectivity index (χ3n) is 3.28. The second-order valence-corrected chi connectivity index (χ2v) is 5.21. The van der Waals surface area contributed by atoms with E-state index in [-0.39, 0.29) is 16.3 Å². The molecule has 1 aromatic rings. The average Bonchev–Trinajstić information content (AvgIpc) is 2.41. The summed E-state index contributed by atoms with van der Waals surface area (Å²) in [4.78, 5) is 23.7. The van der Waals surface area contributed by atoms with Crippen LogP contribution < -0.4 is 10.3 Å². The summed E-state index contributed by atoms with van der Waals surface area (Å²) in [6.45, 7) is 3.35. The van der Waals surface area contributed by atoms with E-state index in [1.54, 1.807) is 0 Å². The molecule has 1 fully saturated rings. The molecule has 0 aromatic heterocycles. The first kappa shape index (κ1) is 14.7. The zero-order chi connectivity index (χ0) is 14.7. The Labute approximate surface area is 121 Å². The van der Waals surface area contributed by atoms with Gasteiger partial charge in [-0.05, 0) is 6.07 Å². The summed E-state index contributed by atoms with van der Waals surface area (Å²) in [5, 5.41) is 12.7. The number of piperazine rings is 1. The molecule has 0 bridgehead atoms. The van der Waals surface area contributed by atoms with E-state index in [9.17, 15) is 14.9 Å². The van der Waals surface area contributed by atoms with E-state index in [0.717, 1.165) is 26.2 Å². The van der Waals surface area contributed by atoms with Gasteiger partial charge in [-0.15, -0.1) is 0 Å². The fraction of sp³-hybridized carbons (Fsp3) is 0.417. The van der Waals surface area contributed by atoms with Gasteiger partial charge in [-0.2, -0.15) is 0 Å². The molecule has 1 aliphatic rings. The van der Waals surface area contributed by atoms with E-state index < -0.39 is 10.8 Å². The molecule has 2 N–H and O–H groups in total. The maximum absolute atomic E-state index is 12.1. The number of hydrogen-bond acceptors (Lipinski definition) is 4. The largest absolute Gasteiger partial charge is 0.335 e. The van der Waals surface area contributed by atoms with Crippen LogP contribution >= 0.6 is 11.6 Å². The van der Waals surface area contributed by atoms with Crippen LogP contribution in [-0.2, 0) is 0 Å². The second kappa shape index (κ2) is 6.17. The van der Waals surface area contributed by atoms with Crippen molar-refractivity contribution in [1.29, 1.82) is 0 Å². The van der Waals surface area contributed by atoms with Gasteiger partial charge in [0.2, 0.25) is 0 Å².